The Kier molecular flexibility index (Phi) is 8.02. The molecule has 35 heavy (non-hydrogen) atoms. The van der Waals surface area contributed by atoms with E-state index in [0.29, 0.717) is 25.9 Å². The SMILES string of the molecule is CC(C)(C)OC(=O)N1CCC(NC(=O)[C@@H]2CC[C@H](O)CN2S(=O)(=O)c2ccccc2[N+](=O)[O-])CC1. The molecule has 2 fully saturated rings. The molecule has 2 aliphatic heterocycles. The molecule has 13 heteroatoms. The monoisotopic (exact) mass is 512 g/mol. The molecule has 2 atom stereocenters. The molecule has 0 aliphatic carbocycles. The second kappa shape index (κ2) is 10.5. The highest BCUT2D eigenvalue weighted by Gasteiger charge is 2.43. The Morgan fingerprint density at radius 3 is 2.37 bits per heavy atom. The Morgan fingerprint density at radius 2 is 1.77 bits per heavy atom. The predicted molar refractivity (Wildman–Crippen MR) is 125 cm³/mol. The number of ether oxygens (including phenoxy) is 1. The highest BCUT2D eigenvalue weighted by molar-refractivity contribution is 7.89. The highest BCUT2D eigenvalue weighted by Crippen LogP contribution is 2.31. The molecule has 0 bridgehead atoms. The molecule has 2 saturated heterocycles. The van der Waals surface area contributed by atoms with Gasteiger partial charge in [-0.3, -0.25) is 14.9 Å². The van der Waals surface area contributed by atoms with E-state index >= 15 is 0 Å². The van der Waals surface area contributed by atoms with Crippen molar-refractivity contribution in [3.63, 3.8) is 0 Å². The molecule has 1 aromatic rings. The van der Waals surface area contributed by atoms with Gasteiger partial charge in [0.2, 0.25) is 5.91 Å². The number of piperidine rings is 2. The lowest BCUT2D eigenvalue weighted by Crippen LogP contribution is -2.57. The summed E-state index contributed by atoms with van der Waals surface area (Å²) in [5.74, 6) is -0.533. The van der Waals surface area contributed by atoms with Crippen molar-refractivity contribution < 1.29 is 32.8 Å². The minimum atomic E-state index is -4.44. The number of β-amino-alcohol motifs (C(OH)–C–C–N with tert-alkyl or cyclic N) is 1. The van der Waals surface area contributed by atoms with Gasteiger partial charge in [-0.05, 0) is 52.5 Å². The lowest BCUT2D eigenvalue weighted by atomic mass is 10.00. The number of aliphatic hydroxyl groups is 1. The third-order valence-corrected chi connectivity index (χ3v) is 7.88. The van der Waals surface area contributed by atoms with Crippen molar-refractivity contribution >= 4 is 27.7 Å². The van der Waals surface area contributed by atoms with E-state index in [-0.39, 0.29) is 25.4 Å². The molecule has 2 N–H and O–H groups in total. The van der Waals surface area contributed by atoms with Gasteiger partial charge >= 0.3 is 6.09 Å². The average Bonchev–Trinajstić information content (AvgIpc) is 2.78. The van der Waals surface area contributed by atoms with Crippen LogP contribution in [0.5, 0.6) is 0 Å². The number of nitrogens with one attached hydrogen (secondary N) is 1. The fourth-order valence-electron chi connectivity index (χ4n) is 4.23. The van der Waals surface area contributed by atoms with E-state index in [1.807, 2.05) is 0 Å². The Labute approximate surface area is 204 Å². The minimum Gasteiger partial charge on any atom is -0.444 e. The first-order chi connectivity index (χ1) is 16.3. The molecule has 2 amide bonds. The van der Waals surface area contributed by atoms with Crippen LogP contribution in [0.1, 0.15) is 46.5 Å². The summed E-state index contributed by atoms with van der Waals surface area (Å²) in [7, 11) is -4.44. The summed E-state index contributed by atoms with van der Waals surface area (Å²) in [6.07, 6.45) is -0.185. The Morgan fingerprint density at radius 1 is 1.14 bits per heavy atom. The molecule has 1 aromatic carbocycles. The summed E-state index contributed by atoms with van der Waals surface area (Å²) in [6, 6.07) is 3.54. The van der Waals surface area contributed by atoms with E-state index in [2.05, 4.69) is 5.32 Å². The average molecular weight is 513 g/mol. The second-order valence-electron chi connectivity index (χ2n) is 9.80. The molecule has 2 aliphatic rings. The van der Waals surface area contributed by atoms with Crippen LogP contribution in [0.3, 0.4) is 0 Å². The Balaban J connectivity index is 1.71. The lowest BCUT2D eigenvalue weighted by Gasteiger charge is -2.38. The van der Waals surface area contributed by atoms with Crippen LogP contribution < -0.4 is 5.32 Å². The van der Waals surface area contributed by atoms with Gasteiger partial charge in [0.15, 0.2) is 4.90 Å². The molecule has 0 saturated carbocycles. The topological polar surface area (TPSA) is 159 Å². The molecule has 194 valence electrons. The van der Waals surface area contributed by atoms with Gasteiger partial charge in [-0.15, -0.1) is 0 Å². The van der Waals surface area contributed by atoms with Crippen LogP contribution in [0.15, 0.2) is 29.2 Å². The molecule has 3 rings (SSSR count). The first-order valence-electron chi connectivity index (χ1n) is 11.5. The number of nitro groups is 1. The number of amides is 2. The van der Waals surface area contributed by atoms with Gasteiger partial charge in [0.25, 0.3) is 15.7 Å². The van der Waals surface area contributed by atoms with E-state index in [9.17, 15) is 33.2 Å². The van der Waals surface area contributed by atoms with Gasteiger partial charge in [0, 0.05) is 31.7 Å². The third kappa shape index (κ3) is 6.47. The van der Waals surface area contributed by atoms with Gasteiger partial charge in [-0.25, -0.2) is 13.2 Å². The number of carbonyl (C=O) groups excluding carboxylic acids is 2. The van der Waals surface area contributed by atoms with E-state index < -0.39 is 55.3 Å². The predicted octanol–water partition coefficient (Wildman–Crippen LogP) is 1.62. The van der Waals surface area contributed by atoms with E-state index in [4.69, 9.17) is 4.74 Å². The molecular weight excluding hydrogens is 480 g/mol. The van der Waals surface area contributed by atoms with Crippen molar-refractivity contribution in [2.75, 3.05) is 19.6 Å². The van der Waals surface area contributed by atoms with Crippen LogP contribution in [-0.4, -0.2) is 83.1 Å². The van der Waals surface area contributed by atoms with Crippen LogP contribution >= 0.6 is 0 Å². The second-order valence-corrected chi connectivity index (χ2v) is 11.7. The van der Waals surface area contributed by atoms with Gasteiger partial charge in [-0.1, -0.05) is 12.1 Å². The number of rotatable bonds is 5. The smallest absolute Gasteiger partial charge is 0.410 e. The summed E-state index contributed by atoms with van der Waals surface area (Å²) in [5.41, 5.74) is -1.21. The number of hydrogen-bond donors (Lipinski definition) is 2. The maximum atomic E-state index is 13.4. The molecule has 0 unspecified atom stereocenters. The number of likely N-dealkylation sites (tertiary alicyclic amines) is 1. The lowest BCUT2D eigenvalue weighted by molar-refractivity contribution is -0.387. The largest absolute Gasteiger partial charge is 0.444 e. The molecule has 0 radical (unpaired) electrons. The fourth-order valence-corrected chi connectivity index (χ4v) is 6.05. The summed E-state index contributed by atoms with van der Waals surface area (Å²) in [5, 5.41) is 24.4. The first kappa shape index (κ1) is 26.8. The molecular formula is C22H32N4O8S. The van der Waals surface area contributed by atoms with Gasteiger partial charge < -0.3 is 20.1 Å². The first-order valence-corrected chi connectivity index (χ1v) is 12.9. The zero-order valence-corrected chi connectivity index (χ0v) is 20.9. The van der Waals surface area contributed by atoms with Crippen LogP contribution in [0.4, 0.5) is 10.5 Å². The minimum absolute atomic E-state index is 0.0730. The van der Waals surface area contributed by atoms with Gasteiger partial charge in [0.1, 0.15) is 11.6 Å². The summed E-state index contributed by atoms with van der Waals surface area (Å²) < 4.78 is 33.0. The van der Waals surface area contributed by atoms with Crippen molar-refractivity contribution in [2.45, 2.75) is 75.1 Å². The summed E-state index contributed by atoms with van der Waals surface area (Å²) in [4.78, 5) is 37.1. The molecule has 2 heterocycles. The third-order valence-electron chi connectivity index (χ3n) is 5.96. The highest BCUT2D eigenvalue weighted by atomic mass is 32.2. The number of nitro benzene ring substituents is 1. The van der Waals surface area contributed by atoms with Crippen molar-refractivity contribution in [1.82, 2.24) is 14.5 Å². The quantitative estimate of drug-likeness (QED) is 0.445. The number of benzene rings is 1. The maximum Gasteiger partial charge on any atom is 0.410 e. The summed E-state index contributed by atoms with van der Waals surface area (Å²) in [6.45, 7) is 5.75. The molecule has 12 nitrogen and oxygen atoms in total. The van der Waals surface area contributed by atoms with Crippen LogP contribution in [0.25, 0.3) is 0 Å². The maximum absolute atomic E-state index is 13.4. The van der Waals surface area contributed by atoms with Crippen molar-refractivity contribution in [3.8, 4) is 0 Å². The zero-order chi connectivity index (χ0) is 26.0. The van der Waals surface area contributed by atoms with Crippen LogP contribution in [-0.2, 0) is 19.6 Å². The normalized spacial score (nSPS) is 22.5. The van der Waals surface area contributed by atoms with E-state index in [1.165, 1.54) is 12.1 Å². The number of nitrogens with zero attached hydrogens (tertiary/aromatic N) is 3. The fraction of sp³-hybridized carbons (Fsp3) is 0.636. The number of carbonyl (C=O) groups is 2. The van der Waals surface area contributed by atoms with Crippen LogP contribution in [0, 0.1) is 10.1 Å². The van der Waals surface area contributed by atoms with Gasteiger partial charge in [0.05, 0.1) is 11.0 Å². The number of para-hydroxylation sites is 1. The van der Waals surface area contributed by atoms with E-state index in [1.54, 1.807) is 25.7 Å². The number of sulfonamides is 1. The summed E-state index contributed by atoms with van der Waals surface area (Å²) >= 11 is 0. The van der Waals surface area contributed by atoms with Crippen LogP contribution in [0.2, 0.25) is 0 Å². The number of aliphatic hydroxyl groups excluding tert-OH is 1. The standard InChI is InChI=1S/C22H32N4O8S/c1-22(2,3)34-21(29)24-12-10-15(11-13-24)23-20(28)18-9-8-16(27)14-25(18)35(32,33)19-7-5-4-6-17(19)26(30)31/h4-7,15-16,18,27H,8-14H2,1-3H3,(H,23,28)/t16-,18-/m0/s1. The van der Waals surface area contributed by atoms with Crippen molar-refractivity contribution in [2.24, 2.45) is 0 Å². The Bertz CT molecular complexity index is 1060. The van der Waals surface area contributed by atoms with Crippen molar-refractivity contribution in [1.29, 1.82) is 0 Å². The molecule has 0 aromatic heterocycles. The van der Waals surface area contributed by atoms with Gasteiger partial charge in [-0.2, -0.15) is 4.31 Å². The Hall–Kier alpha value is -2.77. The zero-order valence-electron chi connectivity index (χ0n) is 20.0. The number of hydrogen-bond acceptors (Lipinski definition) is 8. The van der Waals surface area contributed by atoms with E-state index in [0.717, 1.165) is 16.4 Å². The molecule has 0 spiro atoms. The van der Waals surface area contributed by atoms with Crippen molar-refractivity contribution in [3.05, 3.63) is 34.4 Å².